The number of hydrogen-bond donors (Lipinski definition) is 2. The van der Waals surface area contributed by atoms with Crippen molar-refractivity contribution in [1.82, 2.24) is 4.72 Å². The number of nitrogens with one attached hydrogen (secondary N) is 1. The number of nitrogens with two attached hydrogens (primary N) is 1. The Bertz CT molecular complexity index is 630. The van der Waals surface area contributed by atoms with Gasteiger partial charge in [-0.1, -0.05) is 31.5 Å². The van der Waals surface area contributed by atoms with Crippen molar-refractivity contribution in [2.75, 3.05) is 6.54 Å². The summed E-state index contributed by atoms with van der Waals surface area (Å²) < 4.78 is 28.1. The summed E-state index contributed by atoms with van der Waals surface area (Å²) >= 11 is 6.10. The zero-order valence-corrected chi connectivity index (χ0v) is 15.5. The molecule has 0 radical (unpaired) electrons. The predicted octanol–water partition coefficient (Wildman–Crippen LogP) is 3.29. The van der Waals surface area contributed by atoms with Crippen molar-refractivity contribution in [2.45, 2.75) is 50.0 Å². The van der Waals surface area contributed by atoms with Gasteiger partial charge in [-0.2, -0.15) is 0 Å². The van der Waals surface area contributed by atoms with Crippen LogP contribution < -0.4 is 10.5 Å². The van der Waals surface area contributed by atoms with E-state index in [1.807, 2.05) is 26.8 Å². The molecule has 0 amide bonds. The Morgan fingerprint density at radius 2 is 2.00 bits per heavy atom. The molecule has 1 aromatic carbocycles. The second-order valence-electron chi connectivity index (χ2n) is 6.35. The fourth-order valence-electron chi connectivity index (χ4n) is 2.46. The lowest BCUT2D eigenvalue weighted by Crippen LogP contribution is -2.53. The molecule has 1 aromatic rings. The van der Waals surface area contributed by atoms with Crippen LogP contribution in [0.1, 0.15) is 45.1 Å². The van der Waals surface area contributed by atoms with E-state index in [4.69, 9.17) is 17.3 Å². The third-order valence-corrected chi connectivity index (χ3v) is 6.27. The van der Waals surface area contributed by atoms with Gasteiger partial charge in [0.25, 0.3) is 0 Å². The summed E-state index contributed by atoms with van der Waals surface area (Å²) in [5.41, 5.74) is 6.13. The SMILES string of the molecule is CC(C)c1ccc(Cl)c(S(=O)(=O)NC(C)(CN)C2CC2)c1.Cl. The highest BCUT2D eigenvalue weighted by Gasteiger charge is 2.43. The Hall–Kier alpha value is -0.330. The van der Waals surface area contributed by atoms with Crippen LogP contribution in [0.25, 0.3) is 0 Å². The molecule has 1 unspecified atom stereocenters. The highest BCUT2D eigenvalue weighted by molar-refractivity contribution is 7.89. The normalized spacial score (nSPS) is 17.9. The van der Waals surface area contributed by atoms with Crippen molar-refractivity contribution >= 4 is 34.0 Å². The minimum atomic E-state index is -3.68. The maximum Gasteiger partial charge on any atom is 0.242 e. The molecule has 1 atom stereocenters. The maximum absolute atomic E-state index is 12.7. The van der Waals surface area contributed by atoms with Gasteiger partial charge in [0.05, 0.1) is 5.02 Å². The molecule has 1 fully saturated rings. The van der Waals surface area contributed by atoms with E-state index in [-0.39, 0.29) is 34.8 Å². The minimum Gasteiger partial charge on any atom is -0.329 e. The summed E-state index contributed by atoms with van der Waals surface area (Å²) in [5.74, 6) is 0.546. The topological polar surface area (TPSA) is 72.2 Å². The summed E-state index contributed by atoms with van der Waals surface area (Å²) in [6.45, 7) is 6.17. The predicted molar refractivity (Wildman–Crippen MR) is 93.3 cm³/mol. The molecule has 0 heterocycles. The van der Waals surface area contributed by atoms with E-state index >= 15 is 0 Å². The van der Waals surface area contributed by atoms with Crippen LogP contribution >= 0.6 is 24.0 Å². The van der Waals surface area contributed by atoms with Gasteiger partial charge in [-0.15, -0.1) is 12.4 Å². The van der Waals surface area contributed by atoms with Crippen LogP contribution in [-0.2, 0) is 10.0 Å². The van der Waals surface area contributed by atoms with E-state index in [9.17, 15) is 8.42 Å². The van der Waals surface area contributed by atoms with Gasteiger partial charge in [0, 0.05) is 12.1 Å². The van der Waals surface area contributed by atoms with Gasteiger partial charge >= 0.3 is 0 Å². The zero-order chi connectivity index (χ0) is 15.8. The third kappa shape index (κ3) is 4.15. The molecule has 1 aliphatic rings. The standard InChI is InChI=1S/C15H23ClN2O2S.ClH/c1-10(2)11-4-7-13(16)14(8-11)21(19,20)18-15(3,9-17)12-5-6-12;/h4,7-8,10,12,18H,5-6,9,17H2,1-3H3;1H. The highest BCUT2D eigenvalue weighted by Crippen LogP contribution is 2.40. The first-order chi connectivity index (χ1) is 9.69. The molecule has 0 saturated heterocycles. The Balaban J connectivity index is 0.00000242. The minimum absolute atomic E-state index is 0. The van der Waals surface area contributed by atoms with E-state index in [2.05, 4.69) is 4.72 Å². The number of hydrogen-bond acceptors (Lipinski definition) is 3. The number of halogens is 2. The van der Waals surface area contributed by atoms with Gasteiger partial charge in [0.1, 0.15) is 4.90 Å². The highest BCUT2D eigenvalue weighted by atomic mass is 35.5. The molecule has 2 rings (SSSR count). The molecule has 126 valence electrons. The molecule has 0 spiro atoms. The fourth-order valence-corrected chi connectivity index (χ4v) is 4.47. The Morgan fingerprint density at radius 1 is 1.41 bits per heavy atom. The largest absolute Gasteiger partial charge is 0.329 e. The first-order valence-electron chi connectivity index (χ1n) is 7.23. The maximum atomic E-state index is 12.7. The van der Waals surface area contributed by atoms with Crippen molar-refractivity contribution in [1.29, 1.82) is 0 Å². The van der Waals surface area contributed by atoms with Gasteiger partial charge < -0.3 is 5.73 Å². The van der Waals surface area contributed by atoms with Crippen molar-refractivity contribution in [2.24, 2.45) is 11.7 Å². The van der Waals surface area contributed by atoms with Crippen molar-refractivity contribution < 1.29 is 8.42 Å². The van der Waals surface area contributed by atoms with Gasteiger partial charge in [-0.05, 0) is 49.3 Å². The van der Waals surface area contributed by atoms with E-state index in [1.54, 1.807) is 12.1 Å². The van der Waals surface area contributed by atoms with Crippen LogP contribution in [0.3, 0.4) is 0 Å². The Labute approximate surface area is 144 Å². The summed E-state index contributed by atoms with van der Waals surface area (Å²) in [4.78, 5) is 0.135. The molecule has 0 aromatic heterocycles. The molecule has 0 bridgehead atoms. The quantitative estimate of drug-likeness (QED) is 0.810. The van der Waals surface area contributed by atoms with Crippen LogP contribution in [0.4, 0.5) is 0 Å². The van der Waals surface area contributed by atoms with E-state index < -0.39 is 15.6 Å². The summed E-state index contributed by atoms with van der Waals surface area (Å²) in [6.07, 6.45) is 2.02. The molecule has 4 nitrogen and oxygen atoms in total. The van der Waals surface area contributed by atoms with Crippen LogP contribution in [0.15, 0.2) is 23.1 Å². The molecule has 7 heteroatoms. The average molecular weight is 367 g/mol. The van der Waals surface area contributed by atoms with Gasteiger partial charge in [-0.25, -0.2) is 13.1 Å². The van der Waals surface area contributed by atoms with Crippen LogP contribution in [0.2, 0.25) is 5.02 Å². The van der Waals surface area contributed by atoms with Crippen LogP contribution in [-0.4, -0.2) is 20.5 Å². The summed E-state index contributed by atoms with van der Waals surface area (Å²) in [7, 11) is -3.68. The molecule has 1 saturated carbocycles. The molecule has 0 aliphatic heterocycles. The van der Waals surface area contributed by atoms with Gasteiger partial charge in [0.15, 0.2) is 0 Å². The molecule has 1 aliphatic carbocycles. The van der Waals surface area contributed by atoms with Crippen molar-refractivity contribution in [3.05, 3.63) is 28.8 Å². The monoisotopic (exact) mass is 366 g/mol. The lowest BCUT2D eigenvalue weighted by atomic mass is 9.98. The molecular weight excluding hydrogens is 343 g/mol. The number of sulfonamides is 1. The fraction of sp³-hybridized carbons (Fsp3) is 0.600. The molecule has 3 N–H and O–H groups in total. The number of benzene rings is 1. The lowest BCUT2D eigenvalue weighted by Gasteiger charge is -2.29. The lowest BCUT2D eigenvalue weighted by molar-refractivity contribution is 0.374. The Kier molecular flexibility index (Phi) is 6.32. The second kappa shape index (κ2) is 7.05. The van der Waals surface area contributed by atoms with Crippen LogP contribution in [0, 0.1) is 5.92 Å². The van der Waals surface area contributed by atoms with E-state index in [1.165, 1.54) is 0 Å². The van der Waals surface area contributed by atoms with E-state index in [0.717, 1.165) is 18.4 Å². The Morgan fingerprint density at radius 3 is 2.45 bits per heavy atom. The first-order valence-corrected chi connectivity index (χ1v) is 9.09. The van der Waals surface area contributed by atoms with Crippen LogP contribution in [0.5, 0.6) is 0 Å². The average Bonchev–Trinajstić information content (AvgIpc) is 3.22. The first kappa shape index (κ1) is 19.7. The zero-order valence-electron chi connectivity index (χ0n) is 13.1. The second-order valence-corrected chi connectivity index (χ2v) is 8.40. The molecular formula is C15H24Cl2N2O2S. The van der Waals surface area contributed by atoms with Gasteiger partial charge in [0.2, 0.25) is 10.0 Å². The van der Waals surface area contributed by atoms with E-state index in [0.29, 0.717) is 5.92 Å². The smallest absolute Gasteiger partial charge is 0.242 e. The van der Waals surface area contributed by atoms with Gasteiger partial charge in [-0.3, -0.25) is 0 Å². The molecule has 22 heavy (non-hydrogen) atoms. The summed E-state index contributed by atoms with van der Waals surface area (Å²) in [6, 6.07) is 5.15. The van der Waals surface area contributed by atoms with Crippen molar-refractivity contribution in [3.8, 4) is 0 Å². The summed E-state index contributed by atoms with van der Waals surface area (Å²) in [5, 5.41) is 0.238. The third-order valence-electron chi connectivity index (χ3n) is 4.18. The number of rotatable bonds is 6. The van der Waals surface area contributed by atoms with Crippen molar-refractivity contribution in [3.63, 3.8) is 0 Å².